The van der Waals surface area contributed by atoms with Gasteiger partial charge in [0.25, 0.3) is 0 Å². The Bertz CT molecular complexity index is 699. The molecular weight excluding hydrogens is 284 g/mol. The molecule has 2 aliphatic heterocycles. The molecule has 106 valence electrons. The van der Waals surface area contributed by atoms with Crippen molar-refractivity contribution in [2.75, 3.05) is 18.4 Å². The number of aromatic nitrogens is 1. The van der Waals surface area contributed by atoms with Crippen LogP contribution in [0.5, 0.6) is 0 Å². The van der Waals surface area contributed by atoms with E-state index < -0.39 is 0 Å². The zero-order valence-corrected chi connectivity index (χ0v) is 12.2. The number of hydrogen-bond acceptors (Lipinski definition) is 4. The summed E-state index contributed by atoms with van der Waals surface area (Å²) in [5.41, 5.74) is 3.14. The van der Waals surface area contributed by atoms with Crippen molar-refractivity contribution in [1.29, 1.82) is 0 Å². The molecule has 21 heavy (non-hydrogen) atoms. The zero-order chi connectivity index (χ0) is 14.2. The van der Waals surface area contributed by atoms with Crippen LogP contribution in [0, 0.1) is 0 Å². The van der Waals surface area contributed by atoms with Crippen molar-refractivity contribution in [3.05, 3.63) is 58.9 Å². The van der Waals surface area contributed by atoms with Gasteiger partial charge in [-0.15, -0.1) is 0 Å². The Morgan fingerprint density at radius 2 is 2.19 bits per heavy atom. The smallest absolute Gasteiger partial charge is 0.144 e. The number of rotatable bonds is 1. The largest absolute Gasteiger partial charge is 0.360 e. The van der Waals surface area contributed by atoms with Crippen molar-refractivity contribution in [2.45, 2.75) is 12.6 Å². The summed E-state index contributed by atoms with van der Waals surface area (Å²) in [5, 5.41) is 4.28. The Kier molecular flexibility index (Phi) is 3.04. The number of nitrogens with zero attached hydrogens (tertiary/aromatic N) is 3. The maximum atomic E-state index is 6.14. The van der Waals surface area contributed by atoms with Crippen LogP contribution in [0.2, 0.25) is 5.02 Å². The topological polar surface area (TPSA) is 40.5 Å². The molecule has 3 heterocycles. The molecule has 0 radical (unpaired) electrons. The van der Waals surface area contributed by atoms with Crippen molar-refractivity contribution in [1.82, 2.24) is 9.88 Å². The molecule has 0 fully saturated rings. The second-order valence-corrected chi connectivity index (χ2v) is 5.68. The first kappa shape index (κ1) is 12.7. The van der Waals surface area contributed by atoms with E-state index in [9.17, 15) is 0 Å². The fourth-order valence-corrected chi connectivity index (χ4v) is 3.11. The van der Waals surface area contributed by atoms with Crippen LogP contribution in [0.3, 0.4) is 0 Å². The summed E-state index contributed by atoms with van der Waals surface area (Å²) in [6, 6.07) is 11.9. The molecule has 5 heteroatoms. The van der Waals surface area contributed by atoms with E-state index in [2.05, 4.69) is 15.2 Å². The number of benzene rings is 1. The number of anilines is 1. The lowest BCUT2D eigenvalue weighted by Gasteiger charge is -2.41. The van der Waals surface area contributed by atoms with Crippen LogP contribution >= 0.6 is 11.6 Å². The molecule has 0 aliphatic carbocycles. The number of nitrogens with one attached hydrogen (secondary N) is 1. The van der Waals surface area contributed by atoms with E-state index in [4.69, 9.17) is 16.6 Å². The molecule has 2 aliphatic rings. The third kappa shape index (κ3) is 2.16. The van der Waals surface area contributed by atoms with Gasteiger partial charge in [0.15, 0.2) is 0 Å². The van der Waals surface area contributed by atoms with Crippen LogP contribution in [0.15, 0.2) is 47.6 Å². The lowest BCUT2D eigenvalue weighted by Crippen LogP contribution is -2.46. The third-order valence-corrected chi connectivity index (χ3v) is 4.12. The van der Waals surface area contributed by atoms with Gasteiger partial charge in [-0.3, -0.25) is 9.98 Å². The molecule has 0 saturated heterocycles. The van der Waals surface area contributed by atoms with Crippen LogP contribution in [-0.2, 0) is 0 Å². The molecule has 1 N–H and O–H groups in total. The number of amidine groups is 1. The molecule has 1 atom stereocenters. The average Bonchev–Trinajstić information content (AvgIpc) is 2.54. The van der Waals surface area contributed by atoms with Crippen LogP contribution in [-0.4, -0.2) is 28.8 Å². The molecule has 0 bridgehead atoms. The van der Waals surface area contributed by atoms with Crippen molar-refractivity contribution in [2.24, 2.45) is 4.99 Å². The number of aliphatic imine (C=N–C) groups is 1. The van der Waals surface area contributed by atoms with Gasteiger partial charge in [0.2, 0.25) is 0 Å². The lowest BCUT2D eigenvalue weighted by molar-refractivity contribution is 0.317. The summed E-state index contributed by atoms with van der Waals surface area (Å²) in [4.78, 5) is 11.5. The third-order valence-electron chi connectivity index (χ3n) is 3.89. The van der Waals surface area contributed by atoms with Crippen molar-refractivity contribution < 1.29 is 0 Å². The van der Waals surface area contributed by atoms with Crippen LogP contribution in [0.1, 0.15) is 23.8 Å². The Balaban J connectivity index is 1.84. The fraction of sp³-hybridized carbons (Fsp3) is 0.250. The van der Waals surface area contributed by atoms with Gasteiger partial charge in [-0.25, -0.2) is 0 Å². The van der Waals surface area contributed by atoms with Gasteiger partial charge >= 0.3 is 0 Å². The maximum Gasteiger partial charge on any atom is 0.144 e. The van der Waals surface area contributed by atoms with Gasteiger partial charge in [0.1, 0.15) is 12.0 Å². The van der Waals surface area contributed by atoms with Crippen LogP contribution < -0.4 is 5.32 Å². The van der Waals surface area contributed by atoms with E-state index in [-0.39, 0.29) is 6.17 Å². The Labute approximate surface area is 128 Å². The standard InChI is InChI=1S/C16H15ClN4/c17-11-5-6-12-14(10-11)20-16(13-4-1-2-7-18-13)21-9-3-8-19-15(12)21/h1-2,4-7,10,16,20H,3,8-9H2. The molecule has 1 aromatic carbocycles. The highest BCUT2D eigenvalue weighted by atomic mass is 35.5. The molecular formula is C16H15ClN4. The minimum Gasteiger partial charge on any atom is -0.360 e. The Morgan fingerprint density at radius 1 is 1.24 bits per heavy atom. The summed E-state index contributed by atoms with van der Waals surface area (Å²) >= 11 is 6.14. The molecule has 4 rings (SSSR count). The highest BCUT2D eigenvalue weighted by molar-refractivity contribution is 6.31. The monoisotopic (exact) mass is 298 g/mol. The number of hydrogen-bond donors (Lipinski definition) is 1. The highest BCUT2D eigenvalue weighted by Crippen LogP contribution is 2.35. The van der Waals surface area contributed by atoms with Gasteiger partial charge in [-0.2, -0.15) is 0 Å². The predicted octanol–water partition coefficient (Wildman–Crippen LogP) is 3.31. The van der Waals surface area contributed by atoms with E-state index >= 15 is 0 Å². The molecule has 2 aromatic rings. The van der Waals surface area contributed by atoms with E-state index in [0.717, 1.165) is 47.3 Å². The second kappa shape index (κ2) is 5.04. The minimum absolute atomic E-state index is 0.0104. The van der Waals surface area contributed by atoms with Crippen molar-refractivity contribution in [3.8, 4) is 0 Å². The van der Waals surface area contributed by atoms with E-state index in [1.807, 2.05) is 42.6 Å². The number of halogens is 1. The second-order valence-electron chi connectivity index (χ2n) is 5.24. The Hall–Kier alpha value is -2.07. The first-order chi connectivity index (χ1) is 10.3. The fourth-order valence-electron chi connectivity index (χ4n) is 2.94. The molecule has 0 saturated carbocycles. The summed E-state index contributed by atoms with van der Waals surface area (Å²) in [6.45, 7) is 1.86. The summed E-state index contributed by atoms with van der Waals surface area (Å²) in [7, 11) is 0. The van der Waals surface area contributed by atoms with Crippen LogP contribution in [0.4, 0.5) is 5.69 Å². The molecule has 0 spiro atoms. The van der Waals surface area contributed by atoms with Gasteiger partial charge in [-0.1, -0.05) is 17.7 Å². The first-order valence-corrected chi connectivity index (χ1v) is 7.49. The van der Waals surface area contributed by atoms with E-state index in [1.54, 1.807) is 0 Å². The Morgan fingerprint density at radius 3 is 3.05 bits per heavy atom. The van der Waals surface area contributed by atoms with Crippen molar-refractivity contribution in [3.63, 3.8) is 0 Å². The minimum atomic E-state index is 0.0104. The number of fused-ring (bicyclic) bond motifs is 3. The normalized spacial score (nSPS) is 20.1. The van der Waals surface area contributed by atoms with Gasteiger partial charge in [-0.05, 0) is 36.8 Å². The van der Waals surface area contributed by atoms with E-state index in [0.29, 0.717) is 0 Å². The molecule has 1 aromatic heterocycles. The first-order valence-electron chi connectivity index (χ1n) is 7.11. The van der Waals surface area contributed by atoms with Crippen LogP contribution in [0.25, 0.3) is 0 Å². The van der Waals surface area contributed by atoms with E-state index in [1.165, 1.54) is 0 Å². The average molecular weight is 299 g/mol. The highest BCUT2D eigenvalue weighted by Gasteiger charge is 2.33. The summed E-state index contributed by atoms with van der Waals surface area (Å²) in [6.07, 6.45) is 2.90. The molecule has 4 nitrogen and oxygen atoms in total. The van der Waals surface area contributed by atoms with Gasteiger partial charge in [0.05, 0.1) is 5.69 Å². The van der Waals surface area contributed by atoms with Crippen molar-refractivity contribution >= 4 is 23.1 Å². The van der Waals surface area contributed by atoms with Gasteiger partial charge < -0.3 is 10.2 Å². The number of pyridine rings is 1. The predicted molar refractivity (Wildman–Crippen MR) is 84.8 cm³/mol. The summed E-state index contributed by atoms with van der Waals surface area (Å²) in [5.74, 6) is 1.04. The lowest BCUT2D eigenvalue weighted by atomic mass is 10.0. The maximum absolute atomic E-state index is 6.14. The molecule has 1 unspecified atom stereocenters. The quantitative estimate of drug-likeness (QED) is 0.878. The SMILES string of the molecule is Clc1ccc2c(c1)NC(c1ccccn1)N1CCCN=C21. The molecule has 0 amide bonds. The summed E-state index contributed by atoms with van der Waals surface area (Å²) < 4.78 is 0. The zero-order valence-electron chi connectivity index (χ0n) is 11.5. The van der Waals surface area contributed by atoms with Gasteiger partial charge in [0, 0.05) is 35.6 Å².